The van der Waals surface area contributed by atoms with Gasteiger partial charge in [-0.3, -0.25) is 4.79 Å². The Morgan fingerprint density at radius 1 is 1.31 bits per heavy atom. The van der Waals surface area contributed by atoms with Gasteiger partial charge in [0.1, 0.15) is 5.01 Å². The minimum atomic E-state index is -0.484. The van der Waals surface area contributed by atoms with E-state index in [1.807, 2.05) is 0 Å². The SMILES string of the molecule is COC(=O)c1ccccc1NC(=O)CCc1nn2c(C3CC3)nnc2s1. The molecule has 1 aliphatic rings. The van der Waals surface area contributed by atoms with Crippen LogP contribution in [-0.4, -0.2) is 38.8 Å². The molecule has 0 aliphatic heterocycles. The van der Waals surface area contributed by atoms with E-state index in [4.69, 9.17) is 4.74 Å². The molecule has 0 spiro atoms. The van der Waals surface area contributed by atoms with Crippen molar-refractivity contribution in [1.82, 2.24) is 19.8 Å². The van der Waals surface area contributed by atoms with Gasteiger partial charge in [0.05, 0.1) is 18.4 Å². The third-order valence-electron chi connectivity index (χ3n) is 4.17. The van der Waals surface area contributed by atoms with Gasteiger partial charge in [0.25, 0.3) is 0 Å². The fraction of sp³-hybridized carbons (Fsp3) is 0.353. The van der Waals surface area contributed by atoms with E-state index in [1.54, 1.807) is 28.8 Å². The third-order valence-corrected chi connectivity index (χ3v) is 5.13. The van der Waals surface area contributed by atoms with Gasteiger partial charge in [-0.2, -0.15) is 9.61 Å². The van der Waals surface area contributed by atoms with Crippen molar-refractivity contribution in [2.75, 3.05) is 12.4 Å². The monoisotopic (exact) mass is 371 g/mol. The van der Waals surface area contributed by atoms with Crippen LogP contribution < -0.4 is 5.32 Å². The number of rotatable bonds is 6. The van der Waals surface area contributed by atoms with Crippen molar-refractivity contribution in [1.29, 1.82) is 0 Å². The first-order chi connectivity index (χ1) is 12.7. The fourth-order valence-electron chi connectivity index (χ4n) is 2.68. The number of aryl methyl sites for hydroxylation is 1. The van der Waals surface area contributed by atoms with Gasteiger partial charge in [-0.15, -0.1) is 10.2 Å². The highest BCUT2D eigenvalue weighted by Gasteiger charge is 2.30. The van der Waals surface area contributed by atoms with E-state index < -0.39 is 5.97 Å². The molecule has 9 heteroatoms. The number of esters is 1. The van der Waals surface area contributed by atoms with Crippen molar-refractivity contribution in [2.24, 2.45) is 0 Å². The molecule has 134 valence electrons. The zero-order chi connectivity index (χ0) is 18.1. The molecule has 8 nitrogen and oxygen atoms in total. The topological polar surface area (TPSA) is 98.5 Å². The standard InChI is InChI=1S/C17H17N5O3S/c1-25-16(24)11-4-2-3-5-12(11)18-13(23)8-9-14-21-22-15(10-6-7-10)19-20-17(22)26-14/h2-5,10H,6-9H2,1H3,(H,18,23). The number of methoxy groups -OCH3 is 1. The van der Waals surface area contributed by atoms with E-state index in [0.29, 0.717) is 23.6 Å². The number of anilines is 1. The number of nitrogens with zero attached hydrogens (tertiary/aromatic N) is 4. The molecule has 26 heavy (non-hydrogen) atoms. The molecule has 2 heterocycles. The Balaban J connectivity index is 1.41. The Kier molecular flexibility index (Phi) is 4.37. The quantitative estimate of drug-likeness (QED) is 0.668. The van der Waals surface area contributed by atoms with Gasteiger partial charge >= 0.3 is 5.97 Å². The van der Waals surface area contributed by atoms with Crippen molar-refractivity contribution in [3.05, 3.63) is 40.7 Å². The molecule has 1 aliphatic carbocycles. The number of carbonyl (C=O) groups excluding carboxylic acids is 2. The molecule has 0 unspecified atom stereocenters. The summed E-state index contributed by atoms with van der Waals surface area (Å²) in [5.41, 5.74) is 0.773. The van der Waals surface area contributed by atoms with Crippen LogP contribution in [0.25, 0.3) is 4.96 Å². The summed E-state index contributed by atoms with van der Waals surface area (Å²) in [6.07, 6.45) is 3.04. The molecule has 1 saturated carbocycles. The molecule has 4 rings (SSSR count). The lowest BCUT2D eigenvalue weighted by molar-refractivity contribution is -0.116. The van der Waals surface area contributed by atoms with Crippen LogP contribution in [0.15, 0.2) is 24.3 Å². The number of amides is 1. The molecule has 0 radical (unpaired) electrons. The first-order valence-corrected chi connectivity index (χ1v) is 9.15. The molecule has 1 amide bonds. The molecule has 0 saturated heterocycles. The smallest absolute Gasteiger partial charge is 0.339 e. The third kappa shape index (κ3) is 3.30. The summed E-state index contributed by atoms with van der Waals surface area (Å²) in [6.45, 7) is 0. The van der Waals surface area contributed by atoms with Gasteiger partial charge in [-0.1, -0.05) is 23.5 Å². The van der Waals surface area contributed by atoms with Crippen molar-refractivity contribution in [2.45, 2.75) is 31.6 Å². The fourth-order valence-corrected chi connectivity index (χ4v) is 3.52. The number of para-hydroxylation sites is 1. The van der Waals surface area contributed by atoms with Gasteiger partial charge in [0.15, 0.2) is 5.82 Å². The molecule has 0 bridgehead atoms. The van der Waals surface area contributed by atoms with Gasteiger partial charge in [-0.05, 0) is 25.0 Å². The number of hydrogen-bond acceptors (Lipinski definition) is 7. The zero-order valence-electron chi connectivity index (χ0n) is 14.1. The number of nitrogens with one attached hydrogen (secondary N) is 1. The minimum absolute atomic E-state index is 0.185. The van der Waals surface area contributed by atoms with E-state index in [-0.39, 0.29) is 12.3 Å². The number of ether oxygens (including phenoxy) is 1. The molecule has 2 aromatic heterocycles. The molecule has 3 aromatic rings. The van der Waals surface area contributed by atoms with Crippen molar-refractivity contribution < 1.29 is 14.3 Å². The van der Waals surface area contributed by atoms with Crippen LogP contribution in [0, 0.1) is 0 Å². The summed E-state index contributed by atoms with van der Waals surface area (Å²) in [5.74, 6) is 0.717. The Morgan fingerprint density at radius 3 is 2.88 bits per heavy atom. The average Bonchev–Trinajstić information content (AvgIpc) is 3.29. The first-order valence-electron chi connectivity index (χ1n) is 8.34. The normalized spacial score (nSPS) is 13.7. The summed E-state index contributed by atoms with van der Waals surface area (Å²) in [6, 6.07) is 6.77. The van der Waals surface area contributed by atoms with Crippen LogP contribution in [0.4, 0.5) is 5.69 Å². The average molecular weight is 371 g/mol. The summed E-state index contributed by atoms with van der Waals surface area (Å²) in [7, 11) is 1.31. The lowest BCUT2D eigenvalue weighted by atomic mass is 10.1. The Hall–Kier alpha value is -2.81. The zero-order valence-corrected chi connectivity index (χ0v) is 15.0. The van der Waals surface area contributed by atoms with Crippen LogP contribution in [0.1, 0.15) is 46.4 Å². The van der Waals surface area contributed by atoms with Crippen LogP contribution in [0.2, 0.25) is 0 Å². The maximum absolute atomic E-state index is 12.3. The van der Waals surface area contributed by atoms with Crippen LogP contribution >= 0.6 is 11.3 Å². The van der Waals surface area contributed by atoms with E-state index in [1.165, 1.54) is 18.4 Å². The van der Waals surface area contributed by atoms with E-state index in [0.717, 1.165) is 28.6 Å². The lowest BCUT2D eigenvalue weighted by Crippen LogP contribution is -2.15. The lowest BCUT2D eigenvalue weighted by Gasteiger charge is -2.09. The Labute approximate surface area is 153 Å². The largest absolute Gasteiger partial charge is 0.465 e. The Morgan fingerprint density at radius 2 is 2.12 bits per heavy atom. The van der Waals surface area contributed by atoms with Gasteiger partial charge in [-0.25, -0.2) is 4.79 Å². The number of carbonyl (C=O) groups is 2. The second-order valence-corrected chi connectivity index (χ2v) is 7.15. The van der Waals surface area contributed by atoms with Crippen molar-refractivity contribution in [3.8, 4) is 0 Å². The molecular formula is C17H17N5O3S. The number of aromatic nitrogens is 4. The predicted molar refractivity (Wildman–Crippen MR) is 95.4 cm³/mol. The molecule has 0 atom stereocenters. The van der Waals surface area contributed by atoms with E-state index >= 15 is 0 Å². The van der Waals surface area contributed by atoms with Gasteiger partial charge in [0, 0.05) is 18.8 Å². The number of benzene rings is 1. The van der Waals surface area contributed by atoms with Crippen LogP contribution in [-0.2, 0) is 16.0 Å². The predicted octanol–water partition coefficient (Wildman–Crippen LogP) is 2.42. The second kappa shape index (κ2) is 6.83. The Bertz CT molecular complexity index is 976. The molecule has 1 aromatic carbocycles. The highest BCUT2D eigenvalue weighted by molar-refractivity contribution is 7.16. The minimum Gasteiger partial charge on any atom is -0.465 e. The van der Waals surface area contributed by atoms with E-state index in [2.05, 4.69) is 20.6 Å². The maximum atomic E-state index is 12.3. The summed E-state index contributed by atoms with van der Waals surface area (Å²) < 4.78 is 6.53. The number of hydrogen-bond donors (Lipinski definition) is 1. The first kappa shape index (κ1) is 16.6. The van der Waals surface area contributed by atoms with Crippen LogP contribution in [0.3, 0.4) is 0 Å². The highest BCUT2D eigenvalue weighted by atomic mass is 32.1. The molecular weight excluding hydrogens is 354 g/mol. The summed E-state index contributed by atoms with van der Waals surface area (Å²) >= 11 is 1.45. The summed E-state index contributed by atoms with van der Waals surface area (Å²) in [5, 5.41) is 16.5. The summed E-state index contributed by atoms with van der Waals surface area (Å²) in [4.78, 5) is 24.8. The van der Waals surface area contributed by atoms with Crippen molar-refractivity contribution >= 4 is 33.9 Å². The van der Waals surface area contributed by atoms with Gasteiger partial charge in [0.2, 0.25) is 10.9 Å². The molecule has 1 fully saturated rings. The van der Waals surface area contributed by atoms with E-state index in [9.17, 15) is 9.59 Å². The van der Waals surface area contributed by atoms with Crippen molar-refractivity contribution in [3.63, 3.8) is 0 Å². The van der Waals surface area contributed by atoms with Crippen LogP contribution in [0.5, 0.6) is 0 Å². The van der Waals surface area contributed by atoms with Gasteiger partial charge < -0.3 is 10.1 Å². The number of fused-ring (bicyclic) bond motifs is 1. The highest BCUT2D eigenvalue weighted by Crippen LogP contribution is 2.39. The maximum Gasteiger partial charge on any atom is 0.339 e. The molecule has 1 N–H and O–H groups in total. The second-order valence-electron chi connectivity index (χ2n) is 6.11.